The van der Waals surface area contributed by atoms with Crippen molar-refractivity contribution in [1.29, 1.82) is 0 Å². The molecule has 0 rings (SSSR count). The molecule has 3 heteroatoms. The molecule has 0 aromatic rings. The largest absolute Gasteiger partial charge is 0.286 e. The minimum absolute atomic E-state index is 0.0949. The molecule has 0 radical (unpaired) electrons. The van der Waals surface area contributed by atoms with Gasteiger partial charge in [0, 0.05) is 6.92 Å². The first-order valence-electron chi connectivity index (χ1n) is 1.61. The van der Waals surface area contributed by atoms with Gasteiger partial charge in [0.05, 0.1) is 0 Å². The van der Waals surface area contributed by atoms with Crippen LogP contribution in [0.15, 0.2) is 0 Å². The van der Waals surface area contributed by atoms with Gasteiger partial charge in [0.2, 0.25) is 5.12 Å². The van der Waals surface area contributed by atoms with E-state index in [1.54, 1.807) is 7.05 Å². The molecule has 36 valence electrons. The van der Waals surface area contributed by atoms with Gasteiger partial charge in [-0.15, -0.1) is 0 Å². The molecule has 1 N–H and O–H groups in total. The van der Waals surface area contributed by atoms with E-state index in [4.69, 9.17) is 0 Å². The molecule has 0 saturated heterocycles. The predicted molar refractivity (Wildman–Crippen MR) is 27.3 cm³/mol. The van der Waals surface area contributed by atoms with Crippen molar-refractivity contribution in [2.75, 3.05) is 7.05 Å². The lowest BCUT2D eigenvalue weighted by molar-refractivity contribution is -0.109. The van der Waals surface area contributed by atoms with Crippen LogP contribution in [0.3, 0.4) is 0 Å². The second-order valence-electron chi connectivity index (χ2n) is 0.798. The molecule has 0 aliphatic carbocycles. The summed E-state index contributed by atoms with van der Waals surface area (Å²) in [6, 6.07) is 0. The lowest BCUT2D eigenvalue weighted by Crippen LogP contribution is -1.95. The van der Waals surface area contributed by atoms with Crippen LogP contribution in [0.4, 0.5) is 0 Å². The van der Waals surface area contributed by atoms with E-state index in [0.717, 1.165) is 11.9 Å². The van der Waals surface area contributed by atoms with E-state index in [1.165, 1.54) is 6.92 Å². The molecule has 0 fully saturated rings. The summed E-state index contributed by atoms with van der Waals surface area (Å²) in [5, 5.41) is 0.0949. The van der Waals surface area contributed by atoms with Gasteiger partial charge in [-0.2, -0.15) is 0 Å². The molecule has 0 aliphatic heterocycles. The SMILES string of the molecule is CNSC(C)=O. The minimum Gasteiger partial charge on any atom is -0.286 e. The molecule has 0 heterocycles. The van der Waals surface area contributed by atoms with Gasteiger partial charge in [-0.3, -0.25) is 9.52 Å². The molecule has 0 bridgehead atoms. The Bertz CT molecular complexity index is 54.8. The van der Waals surface area contributed by atoms with Crippen molar-refractivity contribution in [1.82, 2.24) is 4.72 Å². The first-order valence-corrected chi connectivity index (χ1v) is 2.43. The van der Waals surface area contributed by atoms with Gasteiger partial charge in [-0.25, -0.2) is 0 Å². The van der Waals surface area contributed by atoms with Crippen LogP contribution in [0.5, 0.6) is 0 Å². The summed E-state index contributed by atoms with van der Waals surface area (Å²) in [5.41, 5.74) is 0. The molecule has 6 heavy (non-hydrogen) atoms. The van der Waals surface area contributed by atoms with Crippen LogP contribution in [0.1, 0.15) is 6.92 Å². The number of nitrogens with one attached hydrogen (secondary N) is 1. The van der Waals surface area contributed by atoms with E-state index in [0.29, 0.717) is 0 Å². The fraction of sp³-hybridized carbons (Fsp3) is 0.667. The molecule has 0 unspecified atom stereocenters. The first kappa shape index (κ1) is 5.98. The molecule has 0 spiro atoms. The number of hydrogen-bond acceptors (Lipinski definition) is 3. The van der Waals surface area contributed by atoms with E-state index >= 15 is 0 Å². The van der Waals surface area contributed by atoms with Crippen LogP contribution in [-0.2, 0) is 4.79 Å². The van der Waals surface area contributed by atoms with Crippen molar-refractivity contribution < 1.29 is 4.79 Å². The van der Waals surface area contributed by atoms with Crippen LogP contribution in [0.2, 0.25) is 0 Å². The molecule has 0 atom stereocenters. The molecule has 0 amide bonds. The third-order valence-corrected chi connectivity index (χ3v) is 0.737. The third-order valence-electron chi connectivity index (χ3n) is 0.246. The molecule has 0 aromatic heterocycles. The highest BCUT2D eigenvalue weighted by Crippen LogP contribution is 1.88. The van der Waals surface area contributed by atoms with Crippen LogP contribution in [0, 0.1) is 0 Å². The fourth-order valence-corrected chi connectivity index (χ4v) is 0.431. The zero-order valence-corrected chi connectivity index (χ0v) is 4.63. The Kier molecular flexibility index (Phi) is 3.17. The van der Waals surface area contributed by atoms with Crippen molar-refractivity contribution in [3.63, 3.8) is 0 Å². The minimum atomic E-state index is 0.0949. The summed E-state index contributed by atoms with van der Waals surface area (Å²) in [4.78, 5) is 9.94. The Hall–Kier alpha value is -0.0200. The predicted octanol–water partition coefficient (Wildman–Crippen LogP) is 0.400. The molecule has 0 saturated carbocycles. The number of hydrogen-bond donors (Lipinski definition) is 1. The quantitative estimate of drug-likeness (QED) is 0.489. The van der Waals surface area contributed by atoms with E-state index < -0.39 is 0 Å². The summed E-state index contributed by atoms with van der Waals surface area (Å²) in [7, 11) is 1.71. The highest BCUT2D eigenvalue weighted by molar-refractivity contribution is 8.11. The average molecular weight is 105 g/mol. The molecule has 2 nitrogen and oxygen atoms in total. The monoisotopic (exact) mass is 105 g/mol. The Morgan fingerprint density at radius 2 is 2.33 bits per heavy atom. The van der Waals surface area contributed by atoms with E-state index in [2.05, 4.69) is 4.72 Å². The lowest BCUT2D eigenvalue weighted by Gasteiger charge is -1.83. The average Bonchev–Trinajstić information content (AvgIpc) is 1.35. The van der Waals surface area contributed by atoms with Gasteiger partial charge in [-0.05, 0) is 19.0 Å². The third kappa shape index (κ3) is 3.98. The number of carbonyl (C=O) groups excluding carboxylic acids is 1. The lowest BCUT2D eigenvalue weighted by atomic mass is 10.9. The van der Waals surface area contributed by atoms with Gasteiger partial charge in [-0.1, -0.05) is 0 Å². The maximum atomic E-state index is 9.94. The van der Waals surface area contributed by atoms with Gasteiger partial charge in [0.1, 0.15) is 0 Å². The second kappa shape index (κ2) is 3.18. The normalized spacial score (nSPS) is 8.33. The molecular formula is C3H7NOS. The van der Waals surface area contributed by atoms with Crippen molar-refractivity contribution >= 4 is 17.1 Å². The van der Waals surface area contributed by atoms with Gasteiger partial charge in [0.25, 0.3) is 0 Å². The summed E-state index contributed by atoms with van der Waals surface area (Å²) < 4.78 is 2.63. The Labute approximate surface area is 41.4 Å². The zero-order valence-electron chi connectivity index (χ0n) is 3.82. The van der Waals surface area contributed by atoms with Crippen molar-refractivity contribution in [3.8, 4) is 0 Å². The molecule has 0 aromatic carbocycles. The van der Waals surface area contributed by atoms with Crippen molar-refractivity contribution in [2.24, 2.45) is 0 Å². The topological polar surface area (TPSA) is 29.1 Å². The number of carbonyl (C=O) groups is 1. The smallest absolute Gasteiger partial charge is 0.200 e. The van der Waals surface area contributed by atoms with Crippen LogP contribution < -0.4 is 4.72 Å². The van der Waals surface area contributed by atoms with Crippen LogP contribution in [-0.4, -0.2) is 12.2 Å². The van der Waals surface area contributed by atoms with Gasteiger partial charge >= 0.3 is 0 Å². The Morgan fingerprint density at radius 3 is 2.33 bits per heavy atom. The molecule has 0 aliphatic rings. The summed E-state index contributed by atoms with van der Waals surface area (Å²) in [6.07, 6.45) is 0. The van der Waals surface area contributed by atoms with E-state index in [9.17, 15) is 4.79 Å². The van der Waals surface area contributed by atoms with Crippen molar-refractivity contribution in [3.05, 3.63) is 0 Å². The van der Waals surface area contributed by atoms with E-state index in [1.807, 2.05) is 0 Å². The number of rotatable bonds is 1. The summed E-state index contributed by atoms with van der Waals surface area (Å²) in [5.74, 6) is 0. The van der Waals surface area contributed by atoms with Crippen LogP contribution in [0.25, 0.3) is 0 Å². The van der Waals surface area contributed by atoms with Crippen molar-refractivity contribution in [2.45, 2.75) is 6.92 Å². The summed E-state index contributed by atoms with van der Waals surface area (Å²) in [6.45, 7) is 1.52. The Balaban J connectivity index is 2.83. The highest BCUT2D eigenvalue weighted by atomic mass is 32.2. The van der Waals surface area contributed by atoms with Gasteiger partial charge in [0.15, 0.2) is 0 Å². The summed E-state index contributed by atoms with van der Waals surface area (Å²) >= 11 is 1.10. The molecular weight excluding hydrogens is 98.1 g/mol. The second-order valence-corrected chi connectivity index (χ2v) is 1.99. The standard InChI is InChI=1S/C3H7NOS/c1-3(5)6-4-2/h4H,1-2H3. The Morgan fingerprint density at radius 1 is 1.83 bits per heavy atom. The maximum Gasteiger partial charge on any atom is 0.200 e. The maximum absolute atomic E-state index is 9.94. The first-order chi connectivity index (χ1) is 2.77. The fourth-order valence-electron chi connectivity index (χ4n) is 0.144. The van der Waals surface area contributed by atoms with E-state index in [-0.39, 0.29) is 5.12 Å². The zero-order chi connectivity index (χ0) is 4.99. The van der Waals surface area contributed by atoms with Crippen LogP contribution >= 0.6 is 11.9 Å². The highest BCUT2D eigenvalue weighted by Gasteiger charge is 1.83. The van der Waals surface area contributed by atoms with Gasteiger partial charge < -0.3 is 0 Å².